The predicted molar refractivity (Wildman–Crippen MR) is 123 cm³/mol. The highest BCUT2D eigenvalue weighted by Crippen LogP contribution is 2.46. The zero-order valence-corrected chi connectivity index (χ0v) is 20.6. The van der Waals surface area contributed by atoms with Gasteiger partial charge in [-0.05, 0) is 49.1 Å². The number of sulfonamides is 1. The molecule has 2 fully saturated rings. The summed E-state index contributed by atoms with van der Waals surface area (Å²) >= 11 is 0. The van der Waals surface area contributed by atoms with Gasteiger partial charge in [0.1, 0.15) is 23.8 Å². The molecule has 3 heterocycles. The lowest BCUT2D eigenvalue weighted by molar-refractivity contribution is -0.145. The first kappa shape index (κ1) is 27.0. The van der Waals surface area contributed by atoms with Gasteiger partial charge in [-0.1, -0.05) is 0 Å². The molecule has 15 heteroatoms. The fourth-order valence-electron chi connectivity index (χ4n) is 4.99. The Bertz CT molecular complexity index is 1500. The molecule has 0 spiro atoms. The summed E-state index contributed by atoms with van der Waals surface area (Å²) in [6.45, 7) is -0.418. The predicted octanol–water partition coefficient (Wildman–Crippen LogP) is 3.64. The van der Waals surface area contributed by atoms with E-state index in [9.17, 15) is 39.6 Å². The number of alkyl halides is 4. The fraction of sp³-hybridized carbons (Fsp3) is 0.333. The Labute approximate surface area is 218 Å². The van der Waals surface area contributed by atoms with Gasteiger partial charge in [-0.25, -0.2) is 31.6 Å². The first-order chi connectivity index (χ1) is 18.4. The van der Waals surface area contributed by atoms with Crippen molar-refractivity contribution in [1.29, 1.82) is 0 Å². The molecule has 1 N–H and O–H groups in total. The number of benzene rings is 1. The Morgan fingerprint density at radius 3 is 2.33 bits per heavy atom. The summed E-state index contributed by atoms with van der Waals surface area (Å²) in [6, 6.07) is 2.76. The maximum Gasteiger partial charge on any atom is 0.451 e. The van der Waals surface area contributed by atoms with Crippen molar-refractivity contribution >= 4 is 15.9 Å². The van der Waals surface area contributed by atoms with Crippen LogP contribution in [0.5, 0.6) is 0 Å². The highest BCUT2D eigenvalue weighted by atomic mass is 32.2. The number of hydrogen-bond acceptors (Lipinski definition) is 6. The molecule has 2 aliphatic rings. The minimum absolute atomic E-state index is 0.0279. The molecular formula is C24H19F6N5O3S. The summed E-state index contributed by atoms with van der Waals surface area (Å²) in [7, 11) is -4.37. The number of amides is 1. The summed E-state index contributed by atoms with van der Waals surface area (Å²) in [5, 5.41) is 2.48. The standard InChI is InChI=1S/C24H19F6N5O3S/c25-15-1-3-16(4-2-15)39(37,38)35-20-7-12(5-17(20)26)21(35)22(36)32-8-13-6-19(31-11-18(13)27)14-9-33-23(34-10-14)24(28,29)30/h1-4,6,9-12,17,20-21H,5,7-8H2,(H,32,36). The van der Waals surface area contributed by atoms with E-state index in [1.54, 1.807) is 0 Å². The number of rotatable bonds is 6. The van der Waals surface area contributed by atoms with E-state index in [1.807, 2.05) is 0 Å². The molecule has 0 radical (unpaired) electrons. The van der Waals surface area contributed by atoms with E-state index < -0.39 is 70.3 Å². The number of piperidine rings is 1. The summed E-state index contributed by atoms with van der Waals surface area (Å²) in [5.41, 5.74) is 0.0111. The van der Waals surface area contributed by atoms with Crippen LogP contribution in [0.3, 0.4) is 0 Å². The highest BCUT2D eigenvalue weighted by Gasteiger charge is 2.58. The Hall–Kier alpha value is -3.59. The van der Waals surface area contributed by atoms with Crippen molar-refractivity contribution in [2.45, 2.75) is 48.7 Å². The largest absolute Gasteiger partial charge is 0.451 e. The molecule has 1 aliphatic heterocycles. The van der Waals surface area contributed by atoms with Crippen LogP contribution < -0.4 is 5.32 Å². The van der Waals surface area contributed by atoms with Crippen molar-refractivity contribution in [3.05, 3.63) is 71.9 Å². The molecule has 4 atom stereocenters. The van der Waals surface area contributed by atoms with Crippen molar-refractivity contribution in [1.82, 2.24) is 24.6 Å². The molecule has 1 aliphatic carbocycles. The lowest BCUT2D eigenvalue weighted by atomic mass is 9.98. The number of halogens is 6. The fourth-order valence-corrected chi connectivity index (χ4v) is 6.85. The molecule has 1 aromatic carbocycles. The molecule has 1 saturated heterocycles. The summed E-state index contributed by atoms with van der Waals surface area (Å²) in [4.78, 5) is 23.2. The van der Waals surface area contributed by atoms with E-state index in [4.69, 9.17) is 0 Å². The maximum absolute atomic E-state index is 14.6. The Morgan fingerprint density at radius 1 is 1.03 bits per heavy atom. The molecule has 4 unspecified atom stereocenters. The van der Waals surface area contributed by atoms with E-state index >= 15 is 0 Å². The summed E-state index contributed by atoms with van der Waals surface area (Å²) < 4.78 is 108. The van der Waals surface area contributed by atoms with Crippen LogP contribution in [0.1, 0.15) is 24.2 Å². The Balaban J connectivity index is 1.36. The number of carbonyl (C=O) groups is 1. The second-order valence-electron chi connectivity index (χ2n) is 9.22. The van der Waals surface area contributed by atoms with Crippen molar-refractivity contribution in [2.75, 3.05) is 0 Å². The van der Waals surface area contributed by atoms with Crippen LogP contribution in [0.25, 0.3) is 11.3 Å². The van der Waals surface area contributed by atoms with Gasteiger partial charge in [0.15, 0.2) is 0 Å². The normalized spacial score (nSPS) is 23.2. The third kappa shape index (κ3) is 5.07. The Morgan fingerprint density at radius 2 is 1.69 bits per heavy atom. The lowest BCUT2D eigenvalue weighted by Gasteiger charge is -2.35. The van der Waals surface area contributed by atoms with E-state index in [1.165, 1.54) is 6.07 Å². The number of pyridine rings is 1. The zero-order valence-electron chi connectivity index (χ0n) is 19.7. The number of nitrogens with zero attached hydrogens (tertiary/aromatic N) is 4. The highest BCUT2D eigenvalue weighted by molar-refractivity contribution is 7.89. The van der Waals surface area contributed by atoms with Crippen molar-refractivity contribution in [2.24, 2.45) is 5.92 Å². The van der Waals surface area contributed by atoms with Crippen LogP contribution in [0.2, 0.25) is 0 Å². The molecule has 206 valence electrons. The second-order valence-corrected chi connectivity index (χ2v) is 11.1. The van der Waals surface area contributed by atoms with Gasteiger partial charge in [-0.15, -0.1) is 0 Å². The molecule has 5 rings (SSSR count). The van der Waals surface area contributed by atoms with Gasteiger partial charge >= 0.3 is 6.18 Å². The smallest absolute Gasteiger partial charge is 0.351 e. The molecule has 8 nitrogen and oxygen atoms in total. The number of carbonyl (C=O) groups excluding carboxylic acids is 1. The topological polar surface area (TPSA) is 105 Å². The molecule has 2 bridgehead atoms. The molecule has 39 heavy (non-hydrogen) atoms. The minimum Gasteiger partial charge on any atom is -0.351 e. The van der Waals surface area contributed by atoms with Crippen LogP contribution in [0, 0.1) is 17.6 Å². The molecule has 1 amide bonds. The van der Waals surface area contributed by atoms with Crippen LogP contribution in [0.4, 0.5) is 26.3 Å². The molecule has 2 aromatic heterocycles. The third-order valence-corrected chi connectivity index (χ3v) is 8.70. The summed E-state index contributed by atoms with van der Waals surface area (Å²) in [6.07, 6.45) is -3.59. The van der Waals surface area contributed by atoms with Crippen molar-refractivity contribution < 1.29 is 39.6 Å². The number of nitrogens with one attached hydrogen (secondary N) is 1. The summed E-state index contributed by atoms with van der Waals surface area (Å²) in [5.74, 6) is -4.27. The first-order valence-electron chi connectivity index (χ1n) is 11.6. The number of fused-ring (bicyclic) bond motifs is 2. The van der Waals surface area contributed by atoms with Gasteiger partial charge in [0.2, 0.25) is 21.8 Å². The van der Waals surface area contributed by atoms with Crippen molar-refractivity contribution in [3.63, 3.8) is 0 Å². The van der Waals surface area contributed by atoms with Crippen LogP contribution >= 0.6 is 0 Å². The molecular weight excluding hydrogens is 552 g/mol. The van der Waals surface area contributed by atoms with E-state index in [-0.39, 0.29) is 34.6 Å². The minimum atomic E-state index is -4.75. The monoisotopic (exact) mass is 571 g/mol. The number of aromatic nitrogens is 3. The second kappa shape index (κ2) is 9.86. The molecule has 1 saturated carbocycles. The van der Waals surface area contributed by atoms with Gasteiger partial charge in [0.05, 0.1) is 22.8 Å². The SMILES string of the molecule is O=C(NCc1cc(-c2cnc(C(F)(F)F)nc2)ncc1F)C1C2CC(F)C(C2)N1S(=O)(=O)c1ccc(F)cc1. The van der Waals surface area contributed by atoms with Crippen molar-refractivity contribution in [3.8, 4) is 11.3 Å². The zero-order chi connectivity index (χ0) is 28.1. The average molecular weight is 572 g/mol. The van der Waals surface area contributed by atoms with Crippen LogP contribution in [-0.4, -0.2) is 51.8 Å². The van der Waals surface area contributed by atoms with E-state index in [0.717, 1.165) is 47.2 Å². The van der Waals surface area contributed by atoms with Gasteiger partial charge in [0, 0.05) is 30.1 Å². The average Bonchev–Trinajstić information content (AvgIpc) is 3.45. The number of hydrogen-bond donors (Lipinski definition) is 1. The lowest BCUT2D eigenvalue weighted by Crippen LogP contribution is -2.55. The first-order valence-corrected chi connectivity index (χ1v) is 13.0. The van der Waals surface area contributed by atoms with Gasteiger partial charge < -0.3 is 5.32 Å². The maximum atomic E-state index is 14.6. The van der Waals surface area contributed by atoms with Gasteiger partial charge in [-0.3, -0.25) is 9.78 Å². The Kier molecular flexibility index (Phi) is 6.83. The van der Waals surface area contributed by atoms with E-state index in [0.29, 0.717) is 0 Å². The van der Waals surface area contributed by atoms with Gasteiger partial charge in [-0.2, -0.15) is 17.5 Å². The molecule has 3 aromatic rings. The quantitative estimate of drug-likeness (QED) is 0.453. The van der Waals surface area contributed by atoms with E-state index in [2.05, 4.69) is 20.3 Å². The van der Waals surface area contributed by atoms with Gasteiger partial charge in [0.25, 0.3) is 0 Å². The van der Waals surface area contributed by atoms with Crippen LogP contribution in [0.15, 0.2) is 53.8 Å². The van der Waals surface area contributed by atoms with Crippen LogP contribution in [-0.2, 0) is 27.5 Å². The third-order valence-electron chi connectivity index (χ3n) is 6.78.